The Kier molecular flexibility index (Phi) is 7.86. The number of aliphatic hydroxyl groups is 1. The molecule has 1 spiro atoms. The Morgan fingerprint density at radius 2 is 1.89 bits per heavy atom. The number of carbonyl (C=O) groups is 3. The van der Waals surface area contributed by atoms with Gasteiger partial charge in [0.1, 0.15) is 11.6 Å². The Morgan fingerprint density at radius 1 is 1.18 bits per heavy atom. The first-order valence-electron chi connectivity index (χ1n) is 13.6. The van der Waals surface area contributed by atoms with Crippen molar-refractivity contribution in [2.24, 2.45) is 11.8 Å². The quantitative estimate of drug-likeness (QED) is 0.451. The maximum Gasteiger partial charge on any atom is 0.253 e. The van der Waals surface area contributed by atoms with E-state index in [0.29, 0.717) is 25.9 Å². The van der Waals surface area contributed by atoms with Crippen LogP contribution in [0.4, 0.5) is 5.69 Å². The van der Waals surface area contributed by atoms with E-state index in [1.54, 1.807) is 22.0 Å². The molecule has 1 N–H and O–H groups in total. The van der Waals surface area contributed by atoms with Gasteiger partial charge in [-0.25, -0.2) is 0 Å². The Labute approximate surface area is 225 Å². The van der Waals surface area contributed by atoms with E-state index in [-0.39, 0.29) is 37.4 Å². The molecule has 3 amide bonds. The van der Waals surface area contributed by atoms with Crippen LogP contribution < -0.4 is 4.90 Å². The van der Waals surface area contributed by atoms with Crippen LogP contribution in [0.15, 0.2) is 43.5 Å². The van der Waals surface area contributed by atoms with Gasteiger partial charge in [0.2, 0.25) is 11.8 Å². The summed E-state index contributed by atoms with van der Waals surface area (Å²) in [6.45, 7) is 16.4. The van der Waals surface area contributed by atoms with Crippen molar-refractivity contribution in [2.75, 3.05) is 37.7 Å². The number of anilines is 1. The van der Waals surface area contributed by atoms with E-state index in [0.717, 1.165) is 23.2 Å². The molecule has 3 aliphatic rings. The third-order valence-electron chi connectivity index (χ3n) is 8.51. The smallest absolute Gasteiger partial charge is 0.253 e. The van der Waals surface area contributed by atoms with Gasteiger partial charge in [-0.1, -0.05) is 31.2 Å². The summed E-state index contributed by atoms with van der Waals surface area (Å²) < 4.78 is 6.72. The van der Waals surface area contributed by atoms with E-state index in [9.17, 15) is 19.5 Å². The van der Waals surface area contributed by atoms with Crippen molar-refractivity contribution in [3.05, 3.63) is 54.6 Å². The zero-order valence-electron chi connectivity index (χ0n) is 23.1. The number of benzene rings is 1. The highest BCUT2D eigenvalue weighted by Crippen LogP contribution is 2.63. The molecule has 5 atom stereocenters. The minimum Gasteiger partial charge on any atom is -0.395 e. The van der Waals surface area contributed by atoms with Gasteiger partial charge >= 0.3 is 0 Å². The number of β-amino-alcohol motifs (C(OH)–C–C–N with tert-alkyl or cyclic N) is 1. The molecule has 0 aliphatic carbocycles. The summed E-state index contributed by atoms with van der Waals surface area (Å²) in [7, 11) is 0. The molecule has 8 heteroatoms. The second-order valence-electron chi connectivity index (χ2n) is 11.1. The summed E-state index contributed by atoms with van der Waals surface area (Å²) in [6, 6.07) is 4.96. The molecule has 206 valence electrons. The molecule has 2 bridgehead atoms. The molecule has 3 fully saturated rings. The molecule has 2 unspecified atom stereocenters. The fraction of sp³-hybridized carbons (Fsp3) is 0.567. The van der Waals surface area contributed by atoms with Gasteiger partial charge in [0.25, 0.3) is 5.91 Å². The second kappa shape index (κ2) is 10.7. The SMILES string of the molecule is C=CCN(CCC)C(=O)[C@@H]1[C@H]2C(=O)N(CCO)C(C(=O)N(CC=C)c3cc(C)ccc3C)C23CC[C@@]1(C)O3. The molecule has 3 aliphatic heterocycles. The number of fused-ring (bicyclic) bond motifs is 1. The van der Waals surface area contributed by atoms with Gasteiger partial charge in [-0.15, -0.1) is 13.2 Å². The van der Waals surface area contributed by atoms with Gasteiger partial charge in [0, 0.05) is 31.9 Å². The lowest BCUT2D eigenvalue weighted by Gasteiger charge is -2.37. The molecule has 3 heterocycles. The third-order valence-corrected chi connectivity index (χ3v) is 8.51. The Bertz CT molecular complexity index is 1130. The molecule has 38 heavy (non-hydrogen) atoms. The van der Waals surface area contributed by atoms with Crippen LogP contribution in [0.2, 0.25) is 0 Å². The van der Waals surface area contributed by atoms with Crippen LogP contribution in [-0.2, 0) is 19.1 Å². The first-order valence-corrected chi connectivity index (χ1v) is 13.6. The zero-order chi connectivity index (χ0) is 27.8. The summed E-state index contributed by atoms with van der Waals surface area (Å²) in [5.74, 6) is -2.21. The first kappa shape index (κ1) is 28.0. The molecule has 4 rings (SSSR count). The predicted octanol–water partition coefficient (Wildman–Crippen LogP) is 3.00. The number of likely N-dealkylation sites (tertiary alicyclic amines) is 1. The van der Waals surface area contributed by atoms with Crippen LogP contribution in [0, 0.1) is 25.7 Å². The molecular formula is C30H41N3O5. The van der Waals surface area contributed by atoms with Gasteiger partial charge in [-0.3, -0.25) is 14.4 Å². The number of ether oxygens (including phenoxy) is 1. The fourth-order valence-electron chi connectivity index (χ4n) is 6.94. The number of aliphatic hydroxyl groups excluding tert-OH is 1. The summed E-state index contributed by atoms with van der Waals surface area (Å²) in [6.07, 6.45) is 5.20. The summed E-state index contributed by atoms with van der Waals surface area (Å²) in [5.41, 5.74) is 0.693. The van der Waals surface area contributed by atoms with Gasteiger partial charge in [0.05, 0.1) is 24.0 Å². The number of aryl methyl sites for hydroxylation is 2. The molecule has 8 nitrogen and oxygen atoms in total. The largest absolute Gasteiger partial charge is 0.395 e. The molecule has 0 radical (unpaired) electrons. The normalized spacial score (nSPS) is 29.3. The number of nitrogens with zero attached hydrogens (tertiary/aromatic N) is 3. The minimum atomic E-state index is -1.14. The number of hydrogen-bond acceptors (Lipinski definition) is 5. The standard InChI is InChI=1S/C30H41N3O5/c1-7-14-31(15-8-2)26(35)23-24-27(36)33(17-18-34)25(30(24)13-12-29(23,6)38-30)28(37)32(16-9-3)22-19-20(4)10-11-21(22)5/h7,9-11,19,23-25,34H,1,3,8,12-18H2,2,4-6H3/t23-,24-,25?,29+,30?/m0/s1. The third kappa shape index (κ3) is 4.28. The van der Waals surface area contributed by atoms with Crippen LogP contribution >= 0.6 is 0 Å². The van der Waals surface area contributed by atoms with Crippen molar-refractivity contribution in [2.45, 2.75) is 64.2 Å². The van der Waals surface area contributed by atoms with E-state index in [4.69, 9.17) is 4.74 Å². The lowest BCUT2D eigenvalue weighted by atomic mass is 9.66. The van der Waals surface area contributed by atoms with Crippen molar-refractivity contribution in [3.8, 4) is 0 Å². The first-order chi connectivity index (χ1) is 18.1. The zero-order valence-corrected chi connectivity index (χ0v) is 23.1. The molecule has 0 aromatic heterocycles. The second-order valence-corrected chi connectivity index (χ2v) is 11.1. The fourth-order valence-corrected chi connectivity index (χ4v) is 6.94. The van der Waals surface area contributed by atoms with Crippen LogP contribution in [0.1, 0.15) is 44.2 Å². The molecular weight excluding hydrogens is 482 g/mol. The van der Waals surface area contributed by atoms with E-state index >= 15 is 0 Å². The van der Waals surface area contributed by atoms with Crippen molar-refractivity contribution >= 4 is 23.4 Å². The van der Waals surface area contributed by atoms with Gasteiger partial charge < -0.3 is 24.5 Å². The van der Waals surface area contributed by atoms with Crippen molar-refractivity contribution < 1.29 is 24.2 Å². The molecule has 1 aromatic carbocycles. The van der Waals surface area contributed by atoms with E-state index in [1.807, 2.05) is 45.9 Å². The van der Waals surface area contributed by atoms with Gasteiger partial charge in [0.15, 0.2) is 0 Å². The lowest BCUT2D eigenvalue weighted by Crippen LogP contribution is -2.57. The van der Waals surface area contributed by atoms with Crippen LogP contribution in [0.5, 0.6) is 0 Å². The highest BCUT2D eigenvalue weighted by atomic mass is 16.5. The summed E-state index contributed by atoms with van der Waals surface area (Å²) in [5, 5.41) is 9.91. The summed E-state index contributed by atoms with van der Waals surface area (Å²) >= 11 is 0. The van der Waals surface area contributed by atoms with E-state index < -0.39 is 29.1 Å². The Hall–Kier alpha value is -2.97. The molecule has 1 aromatic rings. The average Bonchev–Trinajstić information content (AvgIpc) is 3.44. The lowest BCUT2D eigenvalue weighted by molar-refractivity contribution is -0.149. The number of hydrogen-bond donors (Lipinski definition) is 1. The van der Waals surface area contributed by atoms with Crippen molar-refractivity contribution in [1.29, 1.82) is 0 Å². The maximum atomic E-state index is 14.5. The Balaban J connectivity index is 1.81. The van der Waals surface area contributed by atoms with Crippen LogP contribution in [0.25, 0.3) is 0 Å². The highest BCUT2D eigenvalue weighted by Gasteiger charge is 2.78. The van der Waals surface area contributed by atoms with E-state index in [2.05, 4.69) is 13.2 Å². The maximum absolute atomic E-state index is 14.5. The van der Waals surface area contributed by atoms with Gasteiger partial charge in [-0.2, -0.15) is 0 Å². The number of amides is 3. The van der Waals surface area contributed by atoms with Crippen LogP contribution in [0.3, 0.4) is 0 Å². The topological polar surface area (TPSA) is 90.4 Å². The van der Waals surface area contributed by atoms with Crippen LogP contribution in [-0.4, -0.2) is 82.7 Å². The minimum absolute atomic E-state index is 0.00542. The molecule has 3 saturated heterocycles. The monoisotopic (exact) mass is 523 g/mol. The number of carbonyl (C=O) groups excluding carboxylic acids is 3. The van der Waals surface area contributed by atoms with Gasteiger partial charge in [-0.05, 0) is 57.2 Å². The summed E-state index contributed by atoms with van der Waals surface area (Å²) in [4.78, 5) is 47.4. The highest BCUT2D eigenvalue weighted by molar-refractivity contribution is 6.05. The Morgan fingerprint density at radius 3 is 2.53 bits per heavy atom. The predicted molar refractivity (Wildman–Crippen MR) is 147 cm³/mol. The van der Waals surface area contributed by atoms with Crippen molar-refractivity contribution in [3.63, 3.8) is 0 Å². The molecule has 0 saturated carbocycles. The average molecular weight is 524 g/mol. The number of rotatable bonds is 11. The van der Waals surface area contributed by atoms with E-state index in [1.165, 1.54) is 4.90 Å². The van der Waals surface area contributed by atoms with Crippen molar-refractivity contribution in [1.82, 2.24) is 9.80 Å².